The Labute approximate surface area is 183 Å². The van der Waals surface area contributed by atoms with Crippen molar-refractivity contribution in [3.63, 3.8) is 0 Å². The molecule has 31 heavy (non-hydrogen) atoms. The molecule has 5 heteroatoms. The van der Waals surface area contributed by atoms with Gasteiger partial charge in [-0.05, 0) is 91.3 Å². The molecule has 1 amide bonds. The van der Waals surface area contributed by atoms with E-state index in [0.29, 0.717) is 35.0 Å². The van der Waals surface area contributed by atoms with Gasteiger partial charge in [-0.15, -0.1) is 0 Å². The number of aromatic nitrogens is 1. The van der Waals surface area contributed by atoms with Crippen LogP contribution in [-0.4, -0.2) is 48.1 Å². The van der Waals surface area contributed by atoms with Gasteiger partial charge in [-0.25, -0.2) is 0 Å². The molecule has 4 bridgehead atoms. The third kappa shape index (κ3) is 2.06. The van der Waals surface area contributed by atoms with E-state index >= 15 is 0 Å². The zero-order valence-corrected chi connectivity index (χ0v) is 18.0. The first-order valence-corrected chi connectivity index (χ1v) is 11.8. The summed E-state index contributed by atoms with van der Waals surface area (Å²) in [5.74, 6) is 2.22. The molecule has 3 aliphatic carbocycles. The number of nitrogens with zero attached hydrogens (tertiary/aromatic N) is 2. The molecular weight excluding hydrogens is 386 g/mol. The number of piperidine rings is 1. The van der Waals surface area contributed by atoms with Crippen LogP contribution in [0.4, 0.5) is 0 Å². The number of nitrogens with one attached hydrogen (secondary N) is 1. The number of fused-ring (bicyclic) bond motifs is 1. The fraction of sp³-hybridized carbons (Fsp3) is 0.538. The first-order valence-electron chi connectivity index (χ1n) is 11.8. The summed E-state index contributed by atoms with van der Waals surface area (Å²) < 4.78 is 5.68. The Morgan fingerprint density at radius 1 is 1.26 bits per heavy atom. The Balaban J connectivity index is 1.37. The molecule has 4 fully saturated rings. The lowest BCUT2D eigenvalue weighted by molar-refractivity contribution is -0.0448. The Kier molecular flexibility index (Phi) is 3.58. The summed E-state index contributed by atoms with van der Waals surface area (Å²) in [6.45, 7) is 1.97. The Morgan fingerprint density at radius 2 is 2.19 bits per heavy atom. The van der Waals surface area contributed by atoms with Crippen LogP contribution in [0.1, 0.15) is 47.3 Å². The largest absolute Gasteiger partial charge is 0.497 e. The molecule has 1 aromatic heterocycles. The highest BCUT2D eigenvalue weighted by molar-refractivity contribution is 5.92. The highest BCUT2D eigenvalue weighted by Gasteiger charge is 2.75. The number of ether oxygens (including phenoxy) is 1. The maximum atomic E-state index is 13.5. The number of benzene rings is 1. The molecule has 1 aromatic carbocycles. The number of carbonyl (C=O) groups excluding carboxylic acids is 1. The van der Waals surface area contributed by atoms with Crippen molar-refractivity contribution >= 4 is 5.91 Å². The van der Waals surface area contributed by atoms with Crippen LogP contribution in [0.2, 0.25) is 0 Å². The van der Waals surface area contributed by atoms with E-state index in [4.69, 9.17) is 4.74 Å². The lowest BCUT2D eigenvalue weighted by atomic mass is 9.44. The predicted molar refractivity (Wildman–Crippen MR) is 117 cm³/mol. The second-order valence-corrected chi connectivity index (χ2v) is 10.4. The summed E-state index contributed by atoms with van der Waals surface area (Å²) in [6.07, 6.45) is 7.61. The maximum Gasteiger partial charge on any atom is 0.272 e. The van der Waals surface area contributed by atoms with Crippen molar-refractivity contribution < 1.29 is 9.53 Å². The summed E-state index contributed by atoms with van der Waals surface area (Å²) >= 11 is 0. The van der Waals surface area contributed by atoms with Crippen LogP contribution < -0.4 is 10.1 Å². The smallest absolute Gasteiger partial charge is 0.272 e. The van der Waals surface area contributed by atoms with E-state index in [9.17, 15) is 4.79 Å². The van der Waals surface area contributed by atoms with E-state index in [0.717, 1.165) is 31.7 Å². The maximum absolute atomic E-state index is 13.5. The van der Waals surface area contributed by atoms with Crippen molar-refractivity contribution in [2.24, 2.45) is 17.3 Å². The third-order valence-electron chi connectivity index (χ3n) is 9.67. The van der Waals surface area contributed by atoms with Gasteiger partial charge in [0.25, 0.3) is 5.91 Å². The van der Waals surface area contributed by atoms with Gasteiger partial charge in [0, 0.05) is 30.2 Å². The number of rotatable bonds is 2. The zero-order chi connectivity index (χ0) is 20.8. The van der Waals surface area contributed by atoms with Gasteiger partial charge in [-0.2, -0.15) is 0 Å². The van der Waals surface area contributed by atoms with E-state index in [-0.39, 0.29) is 11.3 Å². The first-order chi connectivity index (χ1) is 15.2. The van der Waals surface area contributed by atoms with Gasteiger partial charge in [-0.1, -0.05) is 12.1 Å². The molecule has 3 heterocycles. The molecule has 2 saturated heterocycles. The van der Waals surface area contributed by atoms with Crippen LogP contribution in [0.25, 0.3) is 0 Å². The molecule has 5 aliphatic rings. The van der Waals surface area contributed by atoms with Gasteiger partial charge in [0.2, 0.25) is 0 Å². The molecule has 2 saturated carbocycles. The zero-order valence-electron chi connectivity index (χ0n) is 18.0. The highest BCUT2D eigenvalue weighted by atomic mass is 16.5. The predicted octanol–water partition coefficient (Wildman–Crippen LogP) is 3.19. The summed E-state index contributed by atoms with van der Waals surface area (Å²) in [6, 6.07) is 13.3. The lowest BCUT2D eigenvalue weighted by Crippen LogP contribution is -2.69. The minimum absolute atomic E-state index is 0.121. The van der Waals surface area contributed by atoms with Crippen molar-refractivity contribution in [1.82, 2.24) is 15.2 Å². The molecule has 0 radical (unpaired) electrons. The first kappa shape index (κ1) is 18.2. The summed E-state index contributed by atoms with van der Waals surface area (Å²) in [7, 11) is 1.77. The van der Waals surface area contributed by atoms with Crippen molar-refractivity contribution in [2.75, 3.05) is 20.2 Å². The molecule has 1 N–H and O–H groups in total. The number of hydrogen-bond acceptors (Lipinski definition) is 4. The van der Waals surface area contributed by atoms with Crippen molar-refractivity contribution in [3.8, 4) is 5.75 Å². The van der Waals surface area contributed by atoms with Gasteiger partial charge in [0.15, 0.2) is 0 Å². The van der Waals surface area contributed by atoms with Crippen molar-refractivity contribution in [1.29, 1.82) is 0 Å². The fourth-order valence-electron chi connectivity index (χ4n) is 8.88. The lowest BCUT2D eigenvalue weighted by Gasteiger charge is -2.64. The molecule has 5 unspecified atom stereocenters. The van der Waals surface area contributed by atoms with Gasteiger partial charge in [0.05, 0.1) is 7.11 Å². The number of amides is 1. The summed E-state index contributed by atoms with van der Waals surface area (Å²) in [5, 5.41) is 3.93. The van der Waals surface area contributed by atoms with E-state index in [1.54, 1.807) is 13.3 Å². The minimum Gasteiger partial charge on any atom is -0.497 e. The molecule has 5 nitrogen and oxygen atoms in total. The van der Waals surface area contributed by atoms with E-state index in [1.807, 2.05) is 18.2 Å². The Bertz CT molecular complexity index is 1070. The number of methoxy groups -OCH3 is 1. The van der Waals surface area contributed by atoms with Crippen LogP contribution in [0, 0.1) is 17.3 Å². The molecule has 160 valence electrons. The molecule has 0 spiro atoms. The van der Waals surface area contributed by atoms with Crippen LogP contribution in [0.5, 0.6) is 5.75 Å². The SMILES string of the molecule is COc1ccc2c(c1)C13CCNC(C2)C12CCC1C3[C@@H](CN1C(=O)c1ccccn1)C2. The van der Waals surface area contributed by atoms with Crippen LogP contribution >= 0.6 is 0 Å². The van der Waals surface area contributed by atoms with Crippen LogP contribution in [-0.2, 0) is 11.8 Å². The number of carbonyl (C=O) groups is 1. The topological polar surface area (TPSA) is 54.5 Å². The number of likely N-dealkylation sites (tertiary alicyclic amines) is 1. The summed E-state index contributed by atoms with van der Waals surface area (Å²) in [5.41, 5.74) is 4.11. The highest BCUT2D eigenvalue weighted by Crippen LogP contribution is 2.74. The molecule has 2 aliphatic heterocycles. The van der Waals surface area contributed by atoms with Gasteiger partial charge in [0.1, 0.15) is 11.4 Å². The standard InChI is InChI=1S/C26H29N3O2/c1-31-18-6-5-16-12-22-25-8-7-21-23(26(25,9-11-28-22)19(16)13-18)17(14-25)15-29(21)24(30)20-4-2-3-10-27-20/h2-6,10,13,17,21-23,28H,7-9,11-12,14-15H2,1H3/t17-,21?,22?,23?,25?,26?/m1/s1. The second kappa shape index (κ2) is 6.10. The van der Waals surface area contributed by atoms with Crippen molar-refractivity contribution in [3.05, 3.63) is 59.4 Å². The van der Waals surface area contributed by atoms with Crippen LogP contribution in [0.15, 0.2) is 42.6 Å². The number of hydrogen-bond donors (Lipinski definition) is 1. The second-order valence-electron chi connectivity index (χ2n) is 10.4. The quantitative estimate of drug-likeness (QED) is 0.819. The average Bonchev–Trinajstić information content (AvgIpc) is 3.25. The Hall–Kier alpha value is -2.40. The van der Waals surface area contributed by atoms with Gasteiger partial charge >= 0.3 is 0 Å². The Morgan fingerprint density at radius 3 is 3.03 bits per heavy atom. The van der Waals surface area contributed by atoms with Gasteiger partial charge < -0.3 is 15.0 Å². The third-order valence-corrected chi connectivity index (χ3v) is 9.67. The minimum atomic E-state index is 0.121. The fourth-order valence-corrected chi connectivity index (χ4v) is 8.88. The molecule has 7 rings (SSSR count). The molecule has 2 aromatic rings. The number of pyridine rings is 1. The summed E-state index contributed by atoms with van der Waals surface area (Å²) in [4.78, 5) is 20.0. The molecular formula is C26H29N3O2. The van der Waals surface area contributed by atoms with Crippen LogP contribution in [0.3, 0.4) is 0 Å². The molecule has 6 atom stereocenters. The van der Waals surface area contributed by atoms with Gasteiger partial charge in [-0.3, -0.25) is 9.78 Å². The van der Waals surface area contributed by atoms with E-state index in [2.05, 4.69) is 33.4 Å². The van der Waals surface area contributed by atoms with Crippen molar-refractivity contribution in [2.45, 2.75) is 49.6 Å². The van der Waals surface area contributed by atoms with E-state index < -0.39 is 0 Å². The van der Waals surface area contributed by atoms with E-state index in [1.165, 1.54) is 30.4 Å². The monoisotopic (exact) mass is 415 g/mol. The average molecular weight is 416 g/mol. The normalized spacial score (nSPS) is 39.1.